The number of hydrogen-bond donors (Lipinski definition) is 0. The number of hydrogen-bond acceptors (Lipinski definition) is 8. The Hall–Kier alpha value is -2.14. The minimum absolute atomic E-state index is 0.00755. The molecule has 1 atom stereocenters. The highest BCUT2D eigenvalue weighted by Crippen LogP contribution is 2.33. The van der Waals surface area contributed by atoms with Crippen molar-refractivity contribution in [2.75, 3.05) is 0 Å². The van der Waals surface area contributed by atoms with Gasteiger partial charge in [-0.05, 0) is 35.8 Å². The van der Waals surface area contributed by atoms with E-state index in [0.29, 0.717) is 0 Å². The Bertz CT molecular complexity index is 1060. The van der Waals surface area contributed by atoms with Crippen molar-refractivity contribution in [2.24, 2.45) is 0 Å². The van der Waals surface area contributed by atoms with E-state index in [1.165, 1.54) is 6.08 Å². The minimum Gasteiger partial charge on any atom is -0.747 e. The number of rotatable bonds is 2. The maximum atomic E-state index is 12.5. The second-order valence-corrected chi connectivity index (χ2v) is 8.19. The predicted octanol–water partition coefficient (Wildman–Crippen LogP) is -0.321. The summed E-state index contributed by atoms with van der Waals surface area (Å²) >= 11 is 0. The first-order chi connectivity index (χ1) is 11.0. The molecule has 3 rings (SSSR count). The smallest absolute Gasteiger partial charge is 0.197 e. The van der Waals surface area contributed by atoms with Crippen molar-refractivity contribution in [2.45, 2.75) is 16.6 Å². The molecule has 0 saturated heterocycles. The zero-order valence-corrected chi connectivity index (χ0v) is 13.4. The molecule has 2 aliphatic carbocycles. The molecule has 0 heterocycles. The molecule has 10 heteroatoms. The van der Waals surface area contributed by atoms with E-state index in [0.717, 1.165) is 24.3 Å². The molecular weight excluding hydrogens is 360 g/mol. The molecular formula is C14H8O8S2-2. The van der Waals surface area contributed by atoms with E-state index in [9.17, 15) is 35.5 Å². The Morgan fingerprint density at radius 2 is 1.71 bits per heavy atom. The summed E-state index contributed by atoms with van der Waals surface area (Å²) < 4.78 is 66.5. The fourth-order valence-corrected chi connectivity index (χ4v) is 3.91. The van der Waals surface area contributed by atoms with E-state index in [1.807, 2.05) is 0 Å². The lowest BCUT2D eigenvalue weighted by molar-refractivity contribution is -0.114. The molecule has 1 unspecified atom stereocenters. The summed E-state index contributed by atoms with van der Waals surface area (Å²) in [6.45, 7) is 0. The van der Waals surface area contributed by atoms with Crippen LogP contribution < -0.4 is 0 Å². The molecule has 0 spiro atoms. The molecule has 0 saturated carbocycles. The minimum atomic E-state index is -4.95. The monoisotopic (exact) mass is 368 g/mol. The summed E-state index contributed by atoms with van der Waals surface area (Å²) in [7, 11) is -9.65. The van der Waals surface area contributed by atoms with E-state index in [2.05, 4.69) is 0 Å². The average molecular weight is 368 g/mol. The van der Waals surface area contributed by atoms with Crippen LogP contribution in [0.25, 0.3) is 0 Å². The Balaban J connectivity index is 2.11. The summed E-state index contributed by atoms with van der Waals surface area (Å²) in [4.78, 5) is 24.1. The van der Waals surface area contributed by atoms with E-state index in [-0.39, 0.29) is 23.1 Å². The standard InChI is InChI=1S/C14H10O8S2/c15-13-10-3-2-9(23(17,18)19)6-8(10)5-7-1-4-11(24(20,21)22)14(16)12(7)13/h1-4,6,11H,5H2,(H,17,18,19)(H,20,21,22)/p-2. The molecule has 2 aliphatic rings. The normalized spacial score (nSPS) is 20.8. The number of Topliss-reactive ketones (excluding diaryl/α,β-unsaturated/α-hetero) is 2. The van der Waals surface area contributed by atoms with Crippen molar-refractivity contribution >= 4 is 31.8 Å². The third-order valence-electron chi connectivity index (χ3n) is 3.83. The van der Waals surface area contributed by atoms with Gasteiger partial charge in [-0.1, -0.05) is 12.2 Å². The van der Waals surface area contributed by atoms with Gasteiger partial charge in [-0.25, -0.2) is 16.8 Å². The van der Waals surface area contributed by atoms with Gasteiger partial charge < -0.3 is 9.11 Å². The van der Waals surface area contributed by atoms with Crippen molar-refractivity contribution in [3.05, 3.63) is 52.6 Å². The Morgan fingerprint density at radius 3 is 2.29 bits per heavy atom. The zero-order chi connectivity index (χ0) is 17.9. The number of fused-ring (bicyclic) bond motifs is 1. The van der Waals surface area contributed by atoms with E-state index in [4.69, 9.17) is 0 Å². The van der Waals surface area contributed by atoms with Gasteiger partial charge in [0.25, 0.3) is 0 Å². The van der Waals surface area contributed by atoms with Gasteiger partial charge in [-0.3, -0.25) is 9.59 Å². The van der Waals surface area contributed by atoms with Gasteiger partial charge in [0.15, 0.2) is 11.6 Å². The number of ketones is 2. The molecule has 126 valence electrons. The van der Waals surface area contributed by atoms with Crippen LogP contribution in [0.4, 0.5) is 0 Å². The third kappa shape index (κ3) is 2.63. The molecule has 1 aromatic carbocycles. The highest BCUT2D eigenvalue weighted by Gasteiger charge is 2.37. The highest BCUT2D eigenvalue weighted by atomic mass is 32.2. The number of allylic oxidation sites excluding steroid dienone is 3. The van der Waals surface area contributed by atoms with Crippen molar-refractivity contribution in [1.82, 2.24) is 0 Å². The van der Waals surface area contributed by atoms with Crippen LogP contribution >= 0.6 is 0 Å². The van der Waals surface area contributed by atoms with Crippen molar-refractivity contribution in [3.8, 4) is 0 Å². The number of benzene rings is 1. The van der Waals surface area contributed by atoms with Crippen molar-refractivity contribution in [1.29, 1.82) is 0 Å². The SMILES string of the molecule is O=C1C2=C(C=CC(S(=O)(=O)[O-])C2=O)Cc2cc(S(=O)(=O)[O-])ccc21. The largest absolute Gasteiger partial charge is 0.747 e. The first-order valence-corrected chi connectivity index (χ1v) is 9.42. The predicted molar refractivity (Wildman–Crippen MR) is 77.1 cm³/mol. The van der Waals surface area contributed by atoms with Crippen LogP contribution in [0.3, 0.4) is 0 Å². The van der Waals surface area contributed by atoms with Crippen LogP contribution in [0, 0.1) is 0 Å². The van der Waals surface area contributed by atoms with Crippen LogP contribution in [0.5, 0.6) is 0 Å². The van der Waals surface area contributed by atoms with Crippen molar-refractivity contribution in [3.63, 3.8) is 0 Å². The fraction of sp³-hybridized carbons (Fsp3) is 0.143. The zero-order valence-electron chi connectivity index (χ0n) is 11.8. The maximum absolute atomic E-state index is 12.5. The third-order valence-corrected chi connectivity index (χ3v) is 5.65. The van der Waals surface area contributed by atoms with Gasteiger partial charge in [0.1, 0.15) is 25.5 Å². The second-order valence-electron chi connectivity index (χ2n) is 5.32. The van der Waals surface area contributed by atoms with Gasteiger partial charge in [0.05, 0.1) is 10.5 Å². The molecule has 0 aromatic heterocycles. The molecule has 0 amide bonds. The number of carbonyl (C=O) groups is 2. The average Bonchev–Trinajstić information content (AvgIpc) is 2.44. The molecule has 0 radical (unpaired) electrons. The molecule has 0 bridgehead atoms. The van der Waals surface area contributed by atoms with Crippen LogP contribution in [0.1, 0.15) is 15.9 Å². The maximum Gasteiger partial charge on any atom is 0.197 e. The lowest BCUT2D eigenvalue weighted by atomic mass is 9.80. The van der Waals surface area contributed by atoms with E-state index in [1.54, 1.807) is 0 Å². The lowest BCUT2D eigenvalue weighted by Gasteiger charge is -2.27. The van der Waals surface area contributed by atoms with Gasteiger partial charge in [-0.15, -0.1) is 0 Å². The van der Waals surface area contributed by atoms with E-state index >= 15 is 0 Å². The van der Waals surface area contributed by atoms with Crippen LogP contribution in [0.15, 0.2) is 46.4 Å². The highest BCUT2D eigenvalue weighted by molar-refractivity contribution is 7.87. The first kappa shape index (κ1) is 16.7. The van der Waals surface area contributed by atoms with Crippen LogP contribution in [-0.2, 0) is 31.5 Å². The summed E-state index contributed by atoms with van der Waals surface area (Å²) in [5.74, 6) is -1.90. The van der Waals surface area contributed by atoms with Gasteiger partial charge >= 0.3 is 0 Å². The summed E-state index contributed by atoms with van der Waals surface area (Å²) in [5.41, 5.74) is 0.00778. The molecule has 0 fully saturated rings. The summed E-state index contributed by atoms with van der Waals surface area (Å²) in [5, 5.41) is -1.96. The molecule has 8 nitrogen and oxygen atoms in total. The summed E-state index contributed by atoms with van der Waals surface area (Å²) in [6.07, 6.45) is 2.06. The van der Waals surface area contributed by atoms with Crippen LogP contribution in [-0.4, -0.2) is 42.8 Å². The Labute approximate surface area is 137 Å². The lowest BCUT2D eigenvalue weighted by Crippen LogP contribution is -2.36. The van der Waals surface area contributed by atoms with Gasteiger partial charge in [-0.2, -0.15) is 0 Å². The number of carbonyl (C=O) groups excluding carboxylic acids is 2. The topological polar surface area (TPSA) is 149 Å². The first-order valence-electron chi connectivity index (χ1n) is 6.54. The summed E-state index contributed by atoms with van der Waals surface area (Å²) in [6, 6.07) is 3.09. The molecule has 24 heavy (non-hydrogen) atoms. The molecule has 0 aliphatic heterocycles. The molecule has 1 aromatic rings. The molecule has 0 N–H and O–H groups in total. The van der Waals surface area contributed by atoms with Gasteiger partial charge in [0, 0.05) is 5.56 Å². The Morgan fingerprint density at radius 1 is 1.04 bits per heavy atom. The Kier molecular flexibility index (Phi) is 3.61. The second kappa shape index (κ2) is 5.18. The van der Waals surface area contributed by atoms with Crippen LogP contribution in [0.2, 0.25) is 0 Å². The van der Waals surface area contributed by atoms with Crippen molar-refractivity contribution < 1.29 is 35.5 Å². The quantitative estimate of drug-likeness (QED) is 0.509. The van der Waals surface area contributed by atoms with Gasteiger partial charge in [0.2, 0.25) is 0 Å². The fourth-order valence-electron chi connectivity index (χ4n) is 2.74. The van der Waals surface area contributed by atoms with E-state index < -0.39 is 47.5 Å².